The van der Waals surface area contributed by atoms with E-state index in [-0.39, 0.29) is 0 Å². The lowest BCUT2D eigenvalue weighted by atomic mass is 9.95. The van der Waals surface area contributed by atoms with Gasteiger partial charge in [-0.2, -0.15) is 0 Å². The number of aliphatic hydroxyl groups is 1. The Morgan fingerprint density at radius 1 is 1.22 bits per heavy atom. The third kappa shape index (κ3) is 5.92. The van der Waals surface area contributed by atoms with Crippen molar-refractivity contribution in [1.82, 2.24) is 15.1 Å². The Morgan fingerprint density at radius 3 is 2.63 bits per heavy atom. The van der Waals surface area contributed by atoms with Gasteiger partial charge in [-0.1, -0.05) is 29.8 Å². The third-order valence-corrected chi connectivity index (χ3v) is 5.44. The van der Waals surface area contributed by atoms with Crippen LogP contribution in [0, 0.1) is 6.92 Å². The van der Waals surface area contributed by atoms with Crippen molar-refractivity contribution in [2.24, 2.45) is 4.99 Å². The quantitative estimate of drug-likeness (QED) is 0.606. The van der Waals surface area contributed by atoms with Crippen molar-refractivity contribution in [3.05, 3.63) is 35.4 Å². The van der Waals surface area contributed by atoms with Crippen LogP contribution in [0.5, 0.6) is 0 Å². The average molecular weight is 375 g/mol. The molecule has 2 aliphatic heterocycles. The summed E-state index contributed by atoms with van der Waals surface area (Å²) in [5, 5.41) is 14.1. The van der Waals surface area contributed by atoms with E-state index in [1.54, 1.807) is 0 Å². The molecule has 0 atom stereocenters. The maximum Gasteiger partial charge on any atom is 0.194 e. The maximum atomic E-state index is 10.7. The molecule has 0 saturated carbocycles. The Morgan fingerprint density at radius 2 is 1.96 bits per heavy atom. The number of benzene rings is 1. The molecule has 150 valence electrons. The normalized spacial score (nSPS) is 21.3. The fraction of sp³-hybridized carbons (Fsp3) is 0.667. The Labute approximate surface area is 163 Å². The second-order valence-corrected chi connectivity index (χ2v) is 7.76. The summed E-state index contributed by atoms with van der Waals surface area (Å²) in [6, 6.07) is 8.76. The maximum absolute atomic E-state index is 10.7. The molecule has 27 heavy (non-hydrogen) atoms. The van der Waals surface area contributed by atoms with Crippen LogP contribution in [-0.2, 0) is 11.3 Å². The molecular weight excluding hydrogens is 340 g/mol. The summed E-state index contributed by atoms with van der Waals surface area (Å²) in [5.41, 5.74) is 1.98. The van der Waals surface area contributed by atoms with Gasteiger partial charge in [0.1, 0.15) is 0 Å². The Balaban J connectivity index is 1.54. The van der Waals surface area contributed by atoms with Crippen molar-refractivity contribution in [2.75, 3.05) is 52.5 Å². The molecule has 0 radical (unpaired) electrons. The zero-order chi connectivity index (χ0) is 19.1. The molecule has 2 N–H and O–H groups in total. The molecule has 1 aromatic carbocycles. The molecule has 6 heteroatoms. The molecule has 2 heterocycles. The van der Waals surface area contributed by atoms with Gasteiger partial charge in [-0.05, 0) is 19.4 Å². The smallest absolute Gasteiger partial charge is 0.194 e. The van der Waals surface area contributed by atoms with E-state index in [1.807, 2.05) is 0 Å². The number of guanidine groups is 1. The fourth-order valence-electron chi connectivity index (χ4n) is 3.74. The molecule has 0 aliphatic carbocycles. The van der Waals surface area contributed by atoms with Gasteiger partial charge in [-0.3, -0.25) is 9.89 Å². The number of nitrogens with one attached hydrogen (secondary N) is 1. The molecule has 2 aliphatic rings. The van der Waals surface area contributed by atoms with Crippen molar-refractivity contribution in [1.29, 1.82) is 0 Å². The third-order valence-electron chi connectivity index (χ3n) is 5.44. The second-order valence-electron chi connectivity index (χ2n) is 7.76. The number of ether oxygens (including phenoxy) is 1. The Kier molecular flexibility index (Phi) is 7.10. The van der Waals surface area contributed by atoms with Crippen LogP contribution in [0.25, 0.3) is 0 Å². The van der Waals surface area contributed by atoms with E-state index in [1.165, 1.54) is 11.1 Å². The van der Waals surface area contributed by atoms with E-state index in [2.05, 4.69) is 53.2 Å². The van der Waals surface area contributed by atoms with Gasteiger partial charge in [0.2, 0.25) is 0 Å². The summed E-state index contributed by atoms with van der Waals surface area (Å²) in [4.78, 5) is 9.58. The average Bonchev–Trinajstić information content (AvgIpc) is 2.67. The standard InChI is InChI=1S/C21H34N4O2/c1-3-22-20(23-17-21(26)7-13-27-14-8-21)25-11-9-24(10-12-25)16-19-6-4-5-18(2)15-19/h4-6,15,26H,3,7-14,16-17H2,1-2H3,(H,22,23). The Hall–Kier alpha value is -1.63. The highest BCUT2D eigenvalue weighted by molar-refractivity contribution is 5.80. The first kappa shape index (κ1) is 20.1. The largest absolute Gasteiger partial charge is 0.388 e. The molecule has 0 unspecified atom stereocenters. The van der Waals surface area contributed by atoms with Crippen LogP contribution in [0.1, 0.15) is 30.9 Å². The van der Waals surface area contributed by atoms with E-state index in [4.69, 9.17) is 9.73 Å². The van der Waals surface area contributed by atoms with E-state index in [0.717, 1.165) is 45.2 Å². The highest BCUT2D eigenvalue weighted by atomic mass is 16.5. The lowest BCUT2D eigenvalue weighted by Gasteiger charge is -2.37. The fourth-order valence-corrected chi connectivity index (χ4v) is 3.74. The first-order valence-corrected chi connectivity index (χ1v) is 10.2. The van der Waals surface area contributed by atoms with E-state index in [9.17, 15) is 5.11 Å². The highest BCUT2D eigenvalue weighted by Gasteiger charge is 2.30. The number of rotatable bonds is 5. The highest BCUT2D eigenvalue weighted by Crippen LogP contribution is 2.21. The summed E-state index contributed by atoms with van der Waals surface area (Å²) in [6.45, 7) is 11.7. The Bertz CT molecular complexity index is 620. The number of piperazine rings is 1. The van der Waals surface area contributed by atoms with Crippen LogP contribution >= 0.6 is 0 Å². The number of hydrogen-bond acceptors (Lipinski definition) is 4. The summed E-state index contributed by atoms with van der Waals surface area (Å²) >= 11 is 0. The van der Waals surface area contributed by atoms with Crippen molar-refractivity contribution < 1.29 is 9.84 Å². The zero-order valence-electron chi connectivity index (χ0n) is 16.8. The lowest BCUT2D eigenvalue weighted by Crippen LogP contribution is -2.52. The van der Waals surface area contributed by atoms with E-state index in [0.29, 0.717) is 32.6 Å². The van der Waals surface area contributed by atoms with Gasteiger partial charge in [-0.25, -0.2) is 0 Å². The number of aryl methyl sites for hydroxylation is 1. The van der Waals surface area contributed by atoms with Crippen molar-refractivity contribution in [3.63, 3.8) is 0 Å². The molecule has 0 amide bonds. The first-order valence-electron chi connectivity index (χ1n) is 10.2. The molecule has 2 saturated heterocycles. The van der Waals surface area contributed by atoms with Gasteiger partial charge in [0.05, 0.1) is 12.1 Å². The molecular formula is C21H34N4O2. The molecule has 0 aromatic heterocycles. The van der Waals surface area contributed by atoms with Gasteiger partial charge in [0.25, 0.3) is 0 Å². The molecule has 0 bridgehead atoms. The van der Waals surface area contributed by atoms with Crippen molar-refractivity contribution >= 4 is 5.96 Å². The van der Waals surface area contributed by atoms with Gasteiger partial charge < -0.3 is 20.1 Å². The number of nitrogens with zero attached hydrogens (tertiary/aromatic N) is 3. The van der Waals surface area contributed by atoms with Crippen LogP contribution < -0.4 is 5.32 Å². The zero-order valence-corrected chi connectivity index (χ0v) is 16.8. The monoisotopic (exact) mass is 374 g/mol. The summed E-state index contributed by atoms with van der Waals surface area (Å²) < 4.78 is 5.36. The lowest BCUT2D eigenvalue weighted by molar-refractivity contribution is -0.0567. The van der Waals surface area contributed by atoms with Crippen LogP contribution in [0.4, 0.5) is 0 Å². The van der Waals surface area contributed by atoms with E-state index < -0.39 is 5.60 Å². The molecule has 0 spiro atoms. The predicted octanol–water partition coefficient (Wildman–Crippen LogP) is 1.62. The van der Waals surface area contributed by atoms with Gasteiger partial charge in [-0.15, -0.1) is 0 Å². The molecule has 3 rings (SSSR count). The van der Waals surface area contributed by atoms with Gasteiger partial charge in [0, 0.05) is 65.3 Å². The number of hydrogen-bond donors (Lipinski definition) is 2. The van der Waals surface area contributed by atoms with Gasteiger partial charge >= 0.3 is 0 Å². The molecule has 2 fully saturated rings. The van der Waals surface area contributed by atoms with Crippen LogP contribution in [0.2, 0.25) is 0 Å². The van der Waals surface area contributed by atoms with Crippen LogP contribution in [0.3, 0.4) is 0 Å². The van der Waals surface area contributed by atoms with Gasteiger partial charge in [0.15, 0.2) is 5.96 Å². The topological polar surface area (TPSA) is 60.3 Å². The SMILES string of the molecule is CCNC(=NCC1(O)CCOCC1)N1CCN(Cc2cccc(C)c2)CC1. The number of aliphatic imine (C=N–C) groups is 1. The minimum Gasteiger partial charge on any atom is -0.388 e. The first-order chi connectivity index (χ1) is 13.1. The van der Waals surface area contributed by atoms with Crippen LogP contribution in [0.15, 0.2) is 29.3 Å². The minimum absolute atomic E-state index is 0.447. The second kappa shape index (κ2) is 9.53. The molecule has 6 nitrogen and oxygen atoms in total. The van der Waals surface area contributed by atoms with Crippen molar-refractivity contribution in [2.45, 2.75) is 38.8 Å². The predicted molar refractivity (Wildman–Crippen MR) is 109 cm³/mol. The minimum atomic E-state index is -0.716. The summed E-state index contributed by atoms with van der Waals surface area (Å²) in [5.74, 6) is 0.924. The summed E-state index contributed by atoms with van der Waals surface area (Å²) in [7, 11) is 0. The van der Waals surface area contributed by atoms with Crippen molar-refractivity contribution in [3.8, 4) is 0 Å². The summed E-state index contributed by atoms with van der Waals surface area (Å²) in [6.07, 6.45) is 1.33. The van der Waals surface area contributed by atoms with E-state index >= 15 is 0 Å². The van der Waals surface area contributed by atoms with Crippen LogP contribution in [-0.4, -0.2) is 78.9 Å². The molecule has 1 aromatic rings.